The third kappa shape index (κ3) is 1.94. The van der Waals surface area contributed by atoms with Gasteiger partial charge in [0.05, 0.1) is 5.52 Å². The molecule has 2 nitrogen and oxygen atoms in total. The molecule has 0 fully saturated rings. The first-order chi connectivity index (χ1) is 7.33. The molecule has 1 aromatic heterocycles. The fourth-order valence-electron chi connectivity index (χ4n) is 1.75. The van der Waals surface area contributed by atoms with Gasteiger partial charge in [0.25, 0.3) is 0 Å². The normalized spacial score (nSPS) is 10.7. The van der Waals surface area contributed by atoms with Crippen LogP contribution in [0.2, 0.25) is 0 Å². The van der Waals surface area contributed by atoms with Crippen LogP contribution < -0.4 is 0 Å². The molecule has 2 aromatic rings. The van der Waals surface area contributed by atoms with Gasteiger partial charge in [-0.15, -0.1) is 0 Å². The van der Waals surface area contributed by atoms with Crippen LogP contribution in [0.1, 0.15) is 31.0 Å². The highest BCUT2D eigenvalue weighted by Crippen LogP contribution is 2.15. The summed E-state index contributed by atoms with van der Waals surface area (Å²) in [5.41, 5.74) is 1.01. The van der Waals surface area contributed by atoms with Gasteiger partial charge in [-0.05, 0) is 18.6 Å². The van der Waals surface area contributed by atoms with E-state index >= 15 is 0 Å². The minimum atomic E-state index is 0.193. The molecule has 0 saturated carbocycles. The van der Waals surface area contributed by atoms with Crippen molar-refractivity contribution >= 4 is 16.8 Å². The minimum absolute atomic E-state index is 0.193. The number of carbonyl (C=O) groups is 1. The van der Waals surface area contributed by atoms with Gasteiger partial charge in [0.1, 0.15) is 0 Å². The predicted molar refractivity (Wildman–Crippen MR) is 62.1 cm³/mol. The van der Waals surface area contributed by atoms with Crippen molar-refractivity contribution in [3.63, 3.8) is 0 Å². The smallest absolute Gasteiger partial charge is 0.231 e. The maximum absolute atomic E-state index is 11.8. The van der Waals surface area contributed by atoms with Crippen LogP contribution >= 0.6 is 0 Å². The van der Waals surface area contributed by atoms with Crippen molar-refractivity contribution in [2.75, 3.05) is 0 Å². The lowest BCUT2D eigenvalue weighted by molar-refractivity contribution is 0.0905. The highest BCUT2D eigenvalue weighted by Gasteiger charge is 2.06. The number of nitrogens with zero attached hydrogens (tertiary/aromatic N) is 1. The van der Waals surface area contributed by atoms with Gasteiger partial charge >= 0.3 is 0 Å². The van der Waals surface area contributed by atoms with Crippen LogP contribution in [0.25, 0.3) is 10.9 Å². The lowest BCUT2D eigenvalue weighted by Gasteiger charge is -2.02. The van der Waals surface area contributed by atoms with E-state index in [0.717, 1.165) is 23.7 Å². The molecule has 0 radical (unpaired) electrons. The Morgan fingerprint density at radius 2 is 2.07 bits per heavy atom. The zero-order valence-electron chi connectivity index (χ0n) is 8.94. The molecule has 0 aliphatic heterocycles. The van der Waals surface area contributed by atoms with E-state index in [1.807, 2.05) is 36.5 Å². The zero-order chi connectivity index (χ0) is 10.7. The molecule has 0 saturated heterocycles. The van der Waals surface area contributed by atoms with Gasteiger partial charge in [-0.2, -0.15) is 0 Å². The molecule has 0 aliphatic rings. The van der Waals surface area contributed by atoms with Crippen LogP contribution in [0.4, 0.5) is 0 Å². The van der Waals surface area contributed by atoms with Gasteiger partial charge in [0, 0.05) is 18.0 Å². The minimum Gasteiger partial charge on any atom is -0.287 e. The number of benzene rings is 1. The van der Waals surface area contributed by atoms with E-state index in [-0.39, 0.29) is 5.91 Å². The molecule has 0 spiro atoms. The third-order valence-corrected chi connectivity index (χ3v) is 2.61. The van der Waals surface area contributed by atoms with Crippen molar-refractivity contribution in [2.24, 2.45) is 0 Å². The largest absolute Gasteiger partial charge is 0.287 e. The monoisotopic (exact) mass is 201 g/mol. The van der Waals surface area contributed by atoms with Gasteiger partial charge in [-0.3, -0.25) is 9.36 Å². The summed E-state index contributed by atoms with van der Waals surface area (Å²) in [7, 11) is 0. The first kappa shape index (κ1) is 9.97. The summed E-state index contributed by atoms with van der Waals surface area (Å²) in [6.45, 7) is 2.10. The number of hydrogen-bond donors (Lipinski definition) is 0. The van der Waals surface area contributed by atoms with Crippen LogP contribution in [0.15, 0.2) is 36.5 Å². The summed E-state index contributed by atoms with van der Waals surface area (Å²) in [5, 5.41) is 1.13. The van der Waals surface area contributed by atoms with Crippen LogP contribution in [0.3, 0.4) is 0 Å². The van der Waals surface area contributed by atoms with Crippen molar-refractivity contribution < 1.29 is 4.79 Å². The van der Waals surface area contributed by atoms with Crippen molar-refractivity contribution in [3.8, 4) is 0 Å². The van der Waals surface area contributed by atoms with Crippen molar-refractivity contribution in [1.29, 1.82) is 0 Å². The molecule has 0 amide bonds. The van der Waals surface area contributed by atoms with E-state index in [4.69, 9.17) is 0 Å². The highest BCUT2D eigenvalue weighted by atomic mass is 16.2. The lowest BCUT2D eigenvalue weighted by atomic mass is 10.2. The number of unbranched alkanes of at least 4 members (excludes halogenated alkanes) is 1. The number of carbonyl (C=O) groups excluding carboxylic acids is 1. The van der Waals surface area contributed by atoms with E-state index in [2.05, 4.69) is 6.92 Å². The quantitative estimate of drug-likeness (QED) is 0.745. The third-order valence-electron chi connectivity index (χ3n) is 2.61. The maximum atomic E-state index is 11.8. The Balaban J connectivity index is 2.31. The molecule has 2 heteroatoms. The summed E-state index contributed by atoms with van der Waals surface area (Å²) >= 11 is 0. The molecule has 78 valence electrons. The van der Waals surface area contributed by atoms with Gasteiger partial charge < -0.3 is 0 Å². The number of para-hydroxylation sites is 1. The Morgan fingerprint density at radius 3 is 2.87 bits per heavy atom. The van der Waals surface area contributed by atoms with Crippen LogP contribution in [-0.4, -0.2) is 10.5 Å². The first-order valence-electron chi connectivity index (χ1n) is 5.42. The summed E-state index contributed by atoms with van der Waals surface area (Å²) < 4.78 is 1.75. The SMILES string of the molecule is CCCCC(=O)n1ccc2ccccc21. The molecular weight excluding hydrogens is 186 g/mol. The molecule has 0 unspecified atom stereocenters. The topological polar surface area (TPSA) is 22.0 Å². The van der Waals surface area contributed by atoms with E-state index in [0.29, 0.717) is 6.42 Å². The van der Waals surface area contributed by atoms with Gasteiger partial charge in [-0.1, -0.05) is 31.5 Å². The van der Waals surface area contributed by atoms with Crippen LogP contribution in [0.5, 0.6) is 0 Å². The standard InChI is InChI=1S/C13H15NO/c1-2-3-8-13(15)14-10-9-11-6-4-5-7-12(11)14/h4-7,9-10H,2-3,8H2,1H3. The molecule has 1 aromatic carbocycles. The van der Waals surface area contributed by atoms with Crippen molar-refractivity contribution in [3.05, 3.63) is 36.5 Å². The molecule has 0 bridgehead atoms. The number of aromatic nitrogens is 1. The zero-order valence-corrected chi connectivity index (χ0v) is 8.94. The Kier molecular flexibility index (Phi) is 2.86. The second kappa shape index (κ2) is 4.30. The van der Waals surface area contributed by atoms with Crippen LogP contribution in [0, 0.1) is 0 Å². The second-order valence-electron chi connectivity index (χ2n) is 3.74. The Bertz CT molecular complexity index is 470. The fourth-order valence-corrected chi connectivity index (χ4v) is 1.75. The summed E-state index contributed by atoms with van der Waals surface area (Å²) in [4.78, 5) is 11.8. The number of fused-ring (bicyclic) bond motifs is 1. The number of rotatable bonds is 3. The predicted octanol–water partition coefficient (Wildman–Crippen LogP) is 3.47. The molecule has 0 N–H and O–H groups in total. The Morgan fingerprint density at radius 1 is 1.27 bits per heavy atom. The molecule has 15 heavy (non-hydrogen) atoms. The highest BCUT2D eigenvalue weighted by molar-refractivity contribution is 5.92. The molecule has 2 rings (SSSR count). The summed E-state index contributed by atoms with van der Waals surface area (Å²) in [5.74, 6) is 0.193. The van der Waals surface area contributed by atoms with Gasteiger partial charge in [-0.25, -0.2) is 0 Å². The van der Waals surface area contributed by atoms with E-state index in [1.165, 1.54) is 0 Å². The summed E-state index contributed by atoms with van der Waals surface area (Å²) in [6, 6.07) is 9.95. The summed E-state index contributed by atoms with van der Waals surface area (Å²) in [6.07, 6.45) is 4.52. The lowest BCUT2D eigenvalue weighted by Crippen LogP contribution is -2.08. The van der Waals surface area contributed by atoms with E-state index < -0.39 is 0 Å². The second-order valence-corrected chi connectivity index (χ2v) is 3.74. The average Bonchev–Trinajstić information content (AvgIpc) is 2.69. The van der Waals surface area contributed by atoms with E-state index in [9.17, 15) is 4.79 Å². The van der Waals surface area contributed by atoms with Crippen molar-refractivity contribution in [2.45, 2.75) is 26.2 Å². The average molecular weight is 201 g/mol. The van der Waals surface area contributed by atoms with E-state index in [1.54, 1.807) is 4.57 Å². The van der Waals surface area contributed by atoms with Crippen molar-refractivity contribution in [1.82, 2.24) is 4.57 Å². The van der Waals surface area contributed by atoms with Gasteiger partial charge in [0.2, 0.25) is 5.91 Å². The first-order valence-corrected chi connectivity index (χ1v) is 5.42. The molecule has 1 heterocycles. The molecule has 0 atom stereocenters. The fraction of sp³-hybridized carbons (Fsp3) is 0.308. The molecule has 0 aliphatic carbocycles. The maximum Gasteiger partial charge on any atom is 0.231 e. The van der Waals surface area contributed by atoms with Gasteiger partial charge in [0.15, 0.2) is 0 Å². The van der Waals surface area contributed by atoms with Crippen LogP contribution in [-0.2, 0) is 0 Å². The molecular formula is C13H15NO. The Hall–Kier alpha value is -1.57. The Labute approximate surface area is 89.5 Å². The number of hydrogen-bond acceptors (Lipinski definition) is 1.